The third-order valence-electron chi connectivity index (χ3n) is 3.87. The van der Waals surface area contributed by atoms with E-state index < -0.39 is 5.97 Å². The van der Waals surface area contributed by atoms with Crippen molar-refractivity contribution in [3.8, 4) is 0 Å². The van der Waals surface area contributed by atoms with Crippen LogP contribution in [-0.2, 0) is 11.3 Å². The highest BCUT2D eigenvalue weighted by Gasteiger charge is 2.36. The summed E-state index contributed by atoms with van der Waals surface area (Å²) in [6, 6.07) is 0. The molecule has 0 bridgehead atoms. The molecule has 2 aliphatic rings. The summed E-state index contributed by atoms with van der Waals surface area (Å²) >= 11 is 0. The molecule has 3 rings (SSSR count). The smallest absolute Gasteiger partial charge is 0.358 e. The average Bonchev–Trinajstić information content (AvgIpc) is 2.98. The Morgan fingerprint density at radius 2 is 2.21 bits per heavy atom. The zero-order chi connectivity index (χ0) is 13.6. The van der Waals surface area contributed by atoms with Crippen LogP contribution in [0.5, 0.6) is 0 Å². The second-order valence-electron chi connectivity index (χ2n) is 6.12. The molecule has 0 spiro atoms. The molecule has 2 heterocycles. The second kappa shape index (κ2) is 4.30. The number of ether oxygens (including phenoxy) is 1. The van der Waals surface area contributed by atoms with Crippen LogP contribution in [0.1, 0.15) is 61.6 Å². The highest BCUT2D eigenvalue weighted by atomic mass is 16.5. The lowest BCUT2D eigenvalue weighted by Gasteiger charge is -2.19. The van der Waals surface area contributed by atoms with Crippen LogP contribution in [0, 0.1) is 0 Å². The molecule has 1 aliphatic carbocycles. The van der Waals surface area contributed by atoms with Crippen LogP contribution in [0.3, 0.4) is 0 Å². The average molecular weight is 265 g/mol. The van der Waals surface area contributed by atoms with Gasteiger partial charge in [0.25, 0.3) is 0 Å². The first-order chi connectivity index (χ1) is 8.96. The monoisotopic (exact) mass is 265 g/mol. The molecule has 1 unspecified atom stereocenters. The van der Waals surface area contributed by atoms with Crippen LogP contribution in [0.25, 0.3) is 0 Å². The van der Waals surface area contributed by atoms with E-state index in [-0.39, 0.29) is 17.4 Å². The van der Waals surface area contributed by atoms with Crippen LogP contribution in [0.15, 0.2) is 0 Å². The van der Waals surface area contributed by atoms with Crippen molar-refractivity contribution < 1.29 is 14.6 Å². The maximum absolute atomic E-state index is 11.2. The van der Waals surface area contributed by atoms with Gasteiger partial charge >= 0.3 is 5.97 Å². The minimum Gasteiger partial charge on any atom is -0.476 e. The van der Waals surface area contributed by atoms with Crippen molar-refractivity contribution in [3.05, 3.63) is 11.4 Å². The van der Waals surface area contributed by atoms with Crippen molar-refractivity contribution >= 4 is 5.97 Å². The molecule has 1 saturated carbocycles. The summed E-state index contributed by atoms with van der Waals surface area (Å²) in [5.41, 5.74) is 0.807. The Balaban J connectivity index is 1.80. The molecule has 0 amide bonds. The molecule has 1 atom stereocenters. The van der Waals surface area contributed by atoms with Gasteiger partial charge in [-0.05, 0) is 39.5 Å². The molecule has 104 valence electrons. The summed E-state index contributed by atoms with van der Waals surface area (Å²) in [7, 11) is 0. The lowest BCUT2D eigenvalue weighted by molar-refractivity contribution is -0.0234. The van der Waals surface area contributed by atoms with Gasteiger partial charge < -0.3 is 9.84 Å². The molecule has 0 aromatic carbocycles. The Hall–Kier alpha value is -1.43. The number of carboxylic acids is 1. The maximum atomic E-state index is 11.2. The summed E-state index contributed by atoms with van der Waals surface area (Å²) < 4.78 is 7.68. The minimum absolute atomic E-state index is 0.0827. The Kier molecular flexibility index (Phi) is 2.85. The summed E-state index contributed by atoms with van der Waals surface area (Å²) in [5, 5.41) is 17.0. The van der Waals surface area contributed by atoms with E-state index >= 15 is 0 Å². The first-order valence-corrected chi connectivity index (χ1v) is 6.81. The molecule has 6 heteroatoms. The van der Waals surface area contributed by atoms with Crippen LogP contribution in [0.2, 0.25) is 0 Å². The number of rotatable bonds is 4. The predicted molar refractivity (Wildman–Crippen MR) is 67.1 cm³/mol. The fraction of sp³-hybridized carbons (Fsp3) is 0.769. The lowest BCUT2D eigenvalue weighted by atomic mass is 10.1. The van der Waals surface area contributed by atoms with Crippen LogP contribution >= 0.6 is 0 Å². The van der Waals surface area contributed by atoms with Crippen LogP contribution in [-0.4, -0.2) is 37.8 Å². The number of carbonyl (C=O) groups is 1. The predicted octanol–water partition coefficient (Wildman–Crippen LogP) is 1.81. The first-order valence-electron chi connectivity index (χ1n) is 6.81. The second-order valence-corrected chi connectivity index (χ2v) is 6.12. The normalized spacial score (nSPS) is 25.7. The fourth-order valence-corrected chi connectivity index (χ4v) is 2.77. The number of hydrogen-bond donors (Lipinski definition) is 1. The molecule has 1 aromatic rings. The topological polar surface area (TPSA) is 77.2 Å². The molecule has 0 radical (unpaired) electrons. The van der Waals surface area contributed by atoms with E-state index in [0.717, 1.165) is 31.4 Å². The number of aromatic carboxylic acids is 1. The maximum Gasteiger partial charge on any atom is 0.358 e. The number of aromatic nitrogens is 3. The van der Waals surface area contributed by atoms with Gasteiger partial charge in [-0.3, -0.25) is 0 Å². The van der Waals surface area contributed by atoms with E-state index in [1.807, 2.05) is 0 Å². The van der Waals surface area contributed by atoms with E-state index in [4.69, 9.17) is 9.84 Å². The quantitative estimate of drug-likeness (QED) is 0.898. The molecule has 1 aliphatic heterocycles. The van der Waals surface area contributed by atoms with Crippen molar-refractivity contribution in [1.29, 1.82) is 0 Å². The Morgan fingerprint density at radius 1 is 1.47 bits per heavy atom. The molecular weight excluding hydrogens is 246 g/mol. The highest BCUT2D eigenvalue weighted by molar-refractivity contribution is 5.86. The Morgan fingerprint density at radius 3 is 2.74 bits per heavy atom. The minimum atomic E-state index is -0.985. The van der Waals surface area contributed by atoms with E-state index in [1.54, 1.807) is 4.68 Å². The molecule has 1 saturated heterocycles. The third-order valence-corrected chi connectivity index (χ3v) is 3.87. The number of nitrogens with zero attached hydrogens (tertiary/aromatic N) is 3. The summed E-state index contributed by atoms with van der Waals surface area (Å²) in [6.07, 6.45) is 4.18. The van der Waals surface area contributed by atoms with Gasteiger partial charge in [-0.25, -0.2) is 9.48 Å². The van der Waals surface area contributed by atoms with Crippen molar-refractivity contribution in [2.45, 2.75) is 63.7 Å². The van der Waals surface area contributed by atoms with Gasteiger partial charge in [0.1, 0.15) is 0 Å². The van der Waals surface area contributed by atoms with Crippen molar-refractivity contribution in [3.63, 3.8) is 0 Å². The number of carboxylic acid groups (broad SMARTS) is 1. The summed E-state index contributed by atoms with van der Waals surface area (Å²) in [4.78, 5) is 11.2. The van der Waals surface area contributed by atoms with Crippen molar-refractivity contribution in [2.24, 2.45) is 0 Å². The summed E-state index contributed by atoms with van der Waals surface area (Å²) in [6.45, 7) is 4.77. The zero-order valence-corrected chi connectivity index (χ0v) is 11.3. The Labute approximate surface area is 111 Å². The highest BCUT2D eigenvalue weighted by Crippen LogP contribution is 2.41. The zero-order valence-electron chi connectivity index (χ0n) is 11.3. The largest absolute Gasteiger partial charge is 0.476 e. The van der Waals surface area contributed by atoms with Gasteiger partial charge in [-0.2, -0.15) is 0 Å². The summed E-state index contributed by atoms with van der Waals surface area (Å²) in [5.74, 6) is -0.670. The van der Waals surface area contributed by atoms with Crippen molar-refractivity contribution in [1.82, 2.24) is 15.0 Å². The third kappa shape index (κ3) is 2.49. The van der Waals surface area contributed by atoms with Gasteiger partial charge in [0.05, 0.1) is 23.9 Å². The van der Waals surface area contributed by atoms with Gasteiger partial charge in [-0.15, -0.1) is 5.10 Å². The van der Waals surface area contributed by atoms with Gasteiger partial charge in [0, 0.05) is 5.92 Å². The molecule has 6 nitrogen and oxygen atoms in total. The lowest BCUT2D eigenvalue weighted by Crippen LogP contribution is -2.24. The fourth-order valence-electron chi connectivity index (χ4n) is 2.77. The van der Waals surface area contributed by atoms with Crippen molar-refractivity contribution in [2.75, 3.05) is 0 Å². The van der Waals surface area contributed by atoms with Crippen LogP contribution < -0.4 is 0 Å². The molecule has 1 N–H and O–H groups in total. The van der Waals surface area contributed by atoms with E-state index in [9.17, 15) is 4.79 Å². The van der Waals surface area contributed by atoms with Gasteiger partial charge in [0.2, 0.25) is 0 Å². The molecular formula is C13H19N3O3. The molecule has 19 heavy (non-hydrogen) atoms. The molecule has 1 aromatic heterocycles. The van der Waals surface area contributed by atoms with Gasteiger partial charge in [0.15, 0.2) is 5.69 Å². The SMILES string of the molecule is CC1(C)CCC(Cn2nnc(C(=O)O)c2C2CC2)O1. The number of hydrogen-bond acceptors (Lipinski definition) is 4. The van der Waals surface area contributed by atoms with E-state index in [1.165, 1.54) is 0 Å². The molecule has 2 fully saturated rings. The first kappa shape index (κ1) is 12.6. The van der Waals surface area contributed by atoms with E-state index in [2.05, 4.69) is 24.2 Å². The standard InChI is InChI=1S/C13H19N3O3/c1-13(2)6-5-9(19-13)7-16-11(8-3-4-8)10(12(17)18)14-15-16/h8-9H,3-7H2,1-2H3,(H,17,18). The Bertz CT molecular complexity index is 505. The van der Waals surface area contributed by atoms with Crippen LogP contribution in [0.4, 0.5) is 0 Å². The van der Waals surface area contributed by atoms with Gasteiger partial charge in [-0.1, -0.05) is 5.21 Å². The van der Waals surface area contributed by atoms with E-state index in [0.29, 0.717) is 12.5 Å².